The highest BCUT2D eigenvalue weighted by molar-refractivity contribution is 6.02. The lowest BCUT2D eigenvalue weighted by molar-refractivity contribution is 0.232. The number of benzene rings is 2. The zero-order chi connectivity index (χ0) is 21.3. The van der Waals surface area contributed by atoms with Gasteiger partial charge in [-0.15, -0.1) is 0 Å². The number of hydrogen-bond acceptors (Lipinski definition) is 4. The smallest absolute Gasteiger partial charge is 0.198 e. The maximum Gasteiger partial charge on any atom is 0.198 e. The molecule has 0 radical (unpaired) electrons. The summed E-state index contributed by atoms with van der Waals surface area (Å²) >= 11 is 0. The minimum absolute atomic E-state index is 0.101. The summed E-state index contributed by atoms with van der Waals surface area (Å²) in [5.74, 6) is -0.824. The molecule has 1 aliphatic rings. The van der Waals surface area contributed by atoms with Crippen molar-refractivity contribution in [2.45, 2.75) is 26.3 Å². The molecule has 0 aliphatic carbocycles. The van der Waals surface area contributed by atoms with E-state index in [4.69, 9.17) is 0 Å². The Balaban J connectivity index is 1.53. The molecule has 2 aromatic carbocycles. The molecule has 1 unspecified atom stereocenters. The van der Waals surface area contributed by atoms with Crippen LogP contribution in [-0.4, -0.2) is 53.4 Å². The molecule has 2 N–H and O–H groups in total. The van der Waals surface area contributed by atoms with Crippen molar-refractivity contribution < 1.29 is 13.9 Å². The predicted octanol–water partition coefficient (Wildman–Crippen LogP) is 4.82. The molecule has 158 valence electrons. The van der Waals surface area contributed by atoms with Gasteiger partial charge in [-0.3, -0.25) is 9.89 Å². The fraction of sp³-hybridized carbons (Fsp3) is 0.348. The SMILES string of the molecule is CCN(CC)C1CCN(c2ccc(N=Cc3c(O)[nH]c4ccc(F)cc34)cc2F)C1. The third-order valence-corrected chi connectivity index (χ3v) is 5.89. The Hall–Kier alpha value is -2.93. The van der Waals surface area contributed by atoms with Gasteiger partial charge in [0.25, 0.3) is 0 Å². The average Bonchev–Trinajstić information content (AvgIpc) is 3.32. The van der Waals surface area contributed by atoms with Gasteiger partial charge in [0.1, 0.15) is 11.6 Å². The predicted molar refractivity (Wildman–Crippen MR) is 117 cm³/mol. The maximum atomic E-state index is 14.8. The summed E-state index contributed by atoms with van der Waals surface area (Å²) in [7, 11) is 0. The molecule has 4 rings (SSSR count). The van der Waals surface area contributed by atoms with E-state index in [1.807, 2.05) is 0 Å². The second kappa shape index (κ2) is 8.44. The monoisotopic (exact) mass is 412 g/mol. The molecule has 0 spiro atoms. The molecule has 1 atom stereocenters. The van der Waals surface area contributed by atoms with Crippen molar-refractivity contribution >= 4 is 28.5 Å². The summed E-state index contributed by atoms with van der Waals surface area (Å²) < 4.78 is 28.4. The highest BCUT2D eigenvalue weighted by atomic mass is 19.1. The van der Waals surface area contributed by atoms with Gasteiger partial charge in [-0.1, -0.05) is 13.8 Å². The molecule has 1 fully saturated rings. The van der Waals surface area contributed by atoms with Crippen molar-refractivity contribution in [1.82, 2.24) is 9.88 Å². The van der Waals surface area contributed by atoms with Crippen LogP contribution in [0.15, 0.2) is 41.4 Å². The number of likely N-dealkylation sites (N-methyl/N-ethyl adjacent to an activating group) is 1. The number of aromatic hydroxyl groups is 1. The van der Waals surface area contributed by atoms with Crippen LogP contribution in [0.4, 0.5) is 20.2 Å². The number of anilines is 1. The van der Waals surface area contributed by atoms with Crippen molar-refractivity contribution in [2.24, 2.45) is 4.99 Å². The van der Waals surface area contributed by atoms with E-state index in [0.717, 1.165) is 32.6 Å². The number of nitrogens with one attached hydrogen (secondary N) is 1. The quantitative estimate of drug-likeness (QED) is 0.571. The zero-order valence-electron chi connectivity index (χ0n) is 17.2. The van der Waals surface area contributed by atoms with E-state index >= 15 is 0 Å². The van der Waals surface area contributed by atoms with E-state index in [1.54, 1.807) is 18.2 Å². The molecule has 2 heterocycles. The molecule has 3 aromatic rings. The van der Waals surface area contributed by atoms with Crippen molar-refractivity contribution in [1.29, 1.82) is 0 Å². The number of rotatable bonds is 6. The minimum Gasteiger partial charge on any atom is -0.494 e. The van der Waals surface area contributed by atoms with E-state index in [-0.39, 0.29) is 11.7 Å². The second-order valence-corrected chi connectivity index (χ2v) is 7.58. The Kier molecular flexibility index (Phi) is 5.72. The van der Waals surface area contributed by atoms with E-state index in [2.05, 4.69) is 33.6 Å². The van der Waals surface area contributed by atoms with Crippen LogP contribution in [0.2, 0.25) is 0 Å². The third kappa shape index (κ3) is 3.89. The molecule has 0 bridgehead atoms. The normalized spacial score (nSPS) is 17.1. The van der Waals surface area contributed by atoms with Crippen molar-refractivity contribution in [3.05, 3.63) is 53.6 Å². The van der Waals surface area contributed by atoms with Crippen LogP contribution in [0.3, 0.4) is 0 Å². The van der Waals surface area contributed by atoms with Gasteiger partial charge in [0.15, 0.2) is 5.88 Å². The molecule has 0 saturated carbocycles. The van der Waals surface area contributed by atoms with Gasteiger partial charge in [0, 0.05) is 42.3 Å². The second-order valence-electron chi connectivity index (χ2n) is 7.58. The number of aromatic nitrogens is 1. The molecule has 1 saturated heterocycles. The lowest BCUT2D eigenvalue weighted by Crippen LogP contribution is -2.37. The molecular weight excluding hydrogens is 386 g/mol. The van der Waals surface area contributed by atoms with E-state index < -0.39 is 5.82 Å². The Morgan fingerprint density at radius 2 is 2.00 bits per heavy atom. The van der Waals surface area contributed by atoms with E-state index in [0.29, 0.717) is 33.9 Å². The number of H-pyrrole nitrogens is 1. The van der Waals surface area contributed by atoms with Gasteiger partial charge in [-0.25, -0.2) is 8.78 Å². The van der Waals surface area contributed by atoms with Crippen LogP contribution < -0.4 is 4.90 Å². The molecule has 1 aromatic heterocycles. The molecular formula is C23H26F2N4O. The van der Waals surface area contributed by atoms with Crippen LogP contribution >= 0.6 is 0 Å². The fourth-order valence-electron chi connectivity index (χ4n) is 4.27. The Labute approximate surface area is 174 Å². The highest BCUT2D eigenvalue weighted by Gasteiger charge is 2.27. The number of fused-ring (bicyclic) bond motifs is 1. The fourth-order valence-corrected chi connectivity index (χ4v) is 4.27. The molecule has 30 heavy (non-hydrogen) atoms. The summed E-state index contributed by atoms with van der Waals surface area (Å²) in [5.41, 5.74) is 1.99. The first-order valence-corrected chi connectivity index (χ1v) is 10.3. The lowest BCUT2D eigenvalue weighted by atomic mass is 10.2. The molecule has 5 nitrogen and oxygen atoms in total. The van der Waals surface area contributed by atoms with Crippen LogP contribution in [-0.2, 0) is 0 Å². The first-order chi connectivity index (χ1) is 14.5. The first kappa shape index (κ1) is 20.3. The van der Waals surface area contributed by atoms with Crippen LogP contribution in [0.5, 0.6) is 5.88 Å². The van der Waals surface area contributed by atoms with E-state index in [9.17, 15) is 13.9 Å². The minimum atomic E-state index is -0.403. The zero-order valence-corrected chi connectivity index (χ0v) is 17.2. The largest absolute Gasteiger partial charge is 0.494 e. The van der Waals surface area contributed by atoms with Crippen LogP contribution in [0, 0.1) is 11.6 Å². The molecule has 7 heteroatoms. The standard InChI is InChI=1S/C23H26F2N4O/c1-3-28(4-2)17-9-10-29(14-17)22-8-6-16(12-20(22)25)26-13-19-18-11-15(24)5-7-21(18)27-23(19)30/h5-8,11-13,17,27,30H,3-4,9-10,14H2,1-2H3. The Bertz CT molecular complexity index is 1070. The van der Waals surface area contributed by atoms with Crippen LogP contribution in [0.1, 0.15) is 25.8 Å². The Morgan fingerprint density at radius 3 is 2.73 bits per heavy atom. The van der Waals surface area contributed by atoms with Crippen molar-refractivity contribution in [2.75, 3.05) is 31.1 Å². The van der Waals surface area contributed by atoms with Gasteiger partial charge in [-0.2, -0.15) is 0 Å². The number of halogens is 2. The lowest BCUT2D eigenvalue weighted by Gasteiger charge is -2.26. The van der Waals surface area contributed by atoms with Crippen molar-refractivity contribution in [3.8, 4) is 5.88 Å². The topological polar surface area (TPSA) is 54.9 Å². The molecule has 0 amide bonds. The van der Waals surface area contributed by atoms with Gasteiger partial charge in [0.2, 0.25) is 0 Å². The summed E-state index contributed by atoms with van der Waals surface area (Å²) in [6, 6.07) is 9.54. The number of nitrogens with zero attached hydrogens (tertiary/aromatic N) is 3. The van der Waals surface area contributed by atoms with E-state index in [1.165, 1.54) is 24.4 Å². The summed E-state index contributed by atoms with van der Waals surface area (Å²) in [5, 5.41) is 10.6. The Morgan fingerprint density at radius 1 is 1.20 bits per heavy atom. The van der Waals surface area contributed by atoms with Crippen molar-refractivity contribution in [3.63, 3.8) is 0 Å². The number of aromatic amines is 1. The van der Waals surface area contributed by atoms with Gasteiger partial charge < -0.3 is 15.0 Å². The highest BCUT2D eigenvalue weighted by Crippen LogP contribution is 2.30. The summed E-state index contributed by atoms with van der Waals surface area (Å²) in [4.78, 5) is 11.6. The van der Waals surface area contributed by atoms with Gasteiger partial charge >= 0.3 is 0 Å². The number of hydrogen-bond donors (Lipinski definition) is 2. The first-order valence-electron chi connectivity index (χ1n) is 10.3. The third-order valence-electron chi connectivity index (χ3n) is 5.89. The summed E-state index contributed by atoms with van der Waals surface area (Å²) in [6.45, 7) is 7.94. The summed E-state index contributed by atoms with van der Waals surface area (Å²) in [6.07, 6.45) is 2.45. The maximum absolute atomic E-state index is 14.8. The van der Waals surface area contributed by atoms with Crippen LogP contribution in [0.25, 0.3) is 10.9 Å². The van der Waals surface area contributed by atoms with Gasteiger partial charge in [-0.05, 0) is 49.8 Å². The average molecular weight is 412 g/mol. The number of aliphatic imine (C=N–C) groups is 1. The molecule has 1 aliphatic heterocycles. The van der Waals surface area contributed by atoms with Gasteiger partial charge in [0.05, 0.1) is 16.9 Å².